The van der Waals surface area contributed by atoms with Gasteiger partial charge in [0.2, 0.25) is 5.91 Å². The highest BCUT2D eigenvalue weighted by atomic mass is 16.5. The van der Waals surface area contributed by atoms with Gasteiger partial charge in [-0.3, -0.25) is 19.8 Å². The molecule has 28 heavy (non-hydrogen) atoms. The Morgan fingerprint density at radius 2 is 1.79 bits per heavy atom. The van der Waals surface area contributed by atoms with E-state index < -0.39 is 5.91 Å². The number of anilines is 1. The molecule has 2 heterocycles. The minimum atomic E-state index is -0.700. The van der Waals surface area contributed by atoms with Crippen molar-refractivity contribution in [3.05, 3.63) is 77.6 Å². The number of carbonyl (C=O) groups is 2. The van der Waals surface area contributed by atoms with E-state index in [2.05, 4.69) is 27.1 Å². The molecular weight excluding hydrogens is 356 g/mol. The van der Waals surface area contributed by atoms with E-state index in [9.17, 15) is 9.59 Å². The first-order valence-corrected chi connectivity index (χ1v) is 8.32. The van der Waals surface area contributed by atoms with Crippen LogP contribution in [0.5, 0.6) is 0 Å². The lowest BCUT2D eigenvalue weighted by Gasteiger charge is -2.08. The first kappa shape index (κ1) is 18.8. The number of nitrogens with one attached hydrogen (secondary N) is 2. The number of hydroxylamine groups is 1. The number of carbonyl (C=O) groups excluding carboxylic acids is 2. The number of hydrogen-bond donors (Lipinski definition) is 3. The Hall–Kier alpha value is -4.02. The summed E-state index contributed by atoms with van der Waals surface area (Å²) in [7, 11) is 0. The maximum atomic E-state index is 11.8. The van der Waals surface area contributed by atoms with Crippen LogP contribution < -0.4 is 10.8 Å². The molecule has 0 spiro atoms. The van der Waals surface area contributed by atoms with Crippen LogP contribution in [0.1, 0.15) is 28.4 Å². The van der Waals surface area contributed by atoms with Crippen LogP contribution in [0.15, 0.2) is 60.9 Å². The van der Waals surface area contributed by atoms with E-state index in [4.69, 9.17) is 5.21 Å². The number of pyridine rings is 2. The monoisotopic (exact) mass is 372 g/mol. The summed E-state index contributed by atoms with van der Waals surface area (Å²) < 4.78 is 0. The van der Waals surface area contributed by atoms with Gasteiger partial charge in [-0.05, 0) is 36.4 Å². The Kier molecular flexibility index (Phi) is 5.75. The van der Waals surface area contributed by atoms with Crippen LogP contribution in [0.4, 0.5) is 5.82 Å². The Bertz CT molecular complexity index is 1070. The predicted octanol–water partition coefficient (Wildman–Crippen LogP) is 2.62. The fourth-order valence-corrected chi connectivity index (χ4v) is 2.42. The molecule has 3 aromatic rings. The average Bonchev–Trinajstić information content (AvgIpc) is 2.72. The van der Waals surface area contributed by atoms with Gasteiger partial charge in [0.1, 0.15) is 5.82 Å². The second-order valence-corrected chi connectivity index (χ2v) is 5.82. The number of nitrogens with zero attached hydrogens (tertiary/aromatic N) is 2. The molecule has 0 atom stereocenters. The SMILES string of the molecule is CC(=O)Nc1cc(C(=O)NO)cc(-c2ccc(C#Cc3cccnc3)cc2)n1. The van der Waals surface area contributed by atoms with E-state index in [-0.39, 0.29) is 17.3 Å². The van der Waals surface area contributed by atoms with Crippen molar-refractivity contribution >= 4 is 17.6 Å². The molecule has 0 aliphatic heterocycles. The molecule has 0 aliphatic rings. The topological polar surface area (TPSA) is 104 Å². The van der Waals surface area contributed by atoms with Gasteiger partial charge in [0, 0.05) is 41.6 Å². The van der Waals surface area contributed by atoms with Crippen LogP contribution in [-0.2, 0) is 4.79 Å². The lowest BCUT2D eigenvalue weighted by molar-refractivity contribution is -0.114. The standard InChI is InChI=1S/C21H16N4O3/c1-14(26)23-20-12-18(21(27)25-28)11-19(24-20)17-8-6-15(7-9-17)4-5-16-3-2-10-22-13-16/h2-3,6-13,28H,1H3,(H,25,27)(H,23,24,26). The molecule has 3 rings (SSSR count). The first-order chi connectivity index (χ1) is 13.5. The van der Waals surface area contributed by atoms with Crippen molar-refractivity contribution in [2.75, 3.05) is 5.32 Å². The smallest absolute Gasteiger partial charge is 0.274 e. The molecule has 0 unspecified atom stereocenters. The van der Waals surface area contributed by atoms with Crippen molar-refractivity contribution in [1.29, 1.82) is 0 Å². The van der Waals surface area contributed by atoms with Gasteiger partial charge in [-0.15, -0.1) is 0 Å². The summed E-state index contributed by atoms with van der Waals surface area (Å²) in [5.74, 6) is 5.27. The Balaban J connectivity index is 1.91. The zero-order chi connectivity index (χ0) is 19.9. The van der Waals surface area contributed by atoms with Gasteiger partial charge in [0.25, 0.3) is 5.91 Å². The molecule has 2 aromatic heterocycles. The number of benzene rings is 1. The second kappa shape index (κ2) is 8.58. The Morgan fingerprint density at radius 3 is 2.43 bits per heavy atom. The second-order valence-electron chi connectivity index (χ2n) is 5.82. The number of amides is 2. The molecule has 2 amide bonds. The molecule has 138 valence electrons. The third kappa shape index (κ3) is 4.78. The first-order valence-electron chi connectivity index (χ1n) is 8.32. The maximum Gasteiger partial charge on any atom is 0.274 e. The summed E-state index contributed by atoms with van der Waals surface area (Å²) in [5, 5.41) is 11.4. The molecule has 1 aromatic carbocycles. The minimum absolute atomic E-state index is 0.164. The summed E-state index contributed by atoms with van der Waals surface area (Å²) in [6.07, 6.45) is 3.37. The van der Waals surface area contributed by atoms with Crippen molar-refractivity contribution in [2.24, 2.45) is 0 Å². The number of aromatic nitrogens is 2. The summed E-state index contributed by atoms with van der Waals surface area (Å²) >= 11 is 0. The number of hydrogen-bond acceptors (Lipinski definition) is 5. The zero-order valence-corrected chi connectivity index (χ0v) is 14.9. The molecule has 0 fully saturated rings. The summed E-state index contributed by atoms with van der Waals surface area (Å²) in [6.45, 7) is 1.34. The third-order valence-electron chi connectivity index (χ3n) is 3.69. The maximum absolute atomic E-state index is 11.8. The highest BCUT2D eigenvalue weighted by Gasteiger charge is 2.11. The largest absolute Gasteiger partial charge is 0.311 e. The van der Waals surface area contributed by atoms with E-state index in [0.717, 1.165) is 16.7 Å². The zero-order valence-electron chi connectivity index (χ0n) is 14.9. The van der Waals surface area contributed by atoms with Gasteiger partial charge in [0.05, 0.1) is 5.69 Å². The fraction of sp³-hybridized carbons (Fsp3) is 0.0476. The van der Waals surface area contributed by atoms with Gasteiger partial charge in [-0.2, -0.15) is 0 Å². The fourth-order valence-electron chi connectivity index (χ4n) is 2.42. The van der Waals surface area contributed by atoms with Crippen molar-refractivity contribution in [1.82, 2.24) is 15.4 Å². The minimum Gasteiger partial charge on any atom is -0.311 e. The van der Waals surface area contributed by atoms with E-state index in [1.54, 1.807) is 17.9 Å². The summed E-state index contributed by atoms with van der Waals surface area (Å²) in [4.78, 5) is 31.5. The van der Waals surface area contributed by atoms with Gasteiger partial charge in [-0.25, -0.2) is 10.5 Å². The average molecular weight is 372 g/mol. The Labute approximate surface area is 161 Å². The molecule has 0 aliphatic carbocycles. The third-order valence-corrected chi connectivity index (χ3v) is 3.69. The van der Waals surface area contributed by atoms with Gasteiger partial charge in [-0.1, -0.05) is 24.0 Å². The van der Waals surface area contributed by atoms with Crippen LogP contribution in [0.2, 0.25) is 0 Å². The van der Waals surface area contributed by atoms with E-state index >= 15 is 0 Å². The van der Waals surface area contributed by atoms with Crippen LogP contribution in [-0.4, -0.2) is 27.0 Å². The molecule has 7 nitrogen and oxygen atoms in total. The quantitative estimate of drug-likeness (QED) is 0.372. The van der Waals surface area contributed by atoms with Crippen molar-refractivity contribution in [3.63, 3.8) is 0 Å². The molecule has 0 saturated carbocycles. The predicted molar refractivity (Wildman–Crippen MR) is 103 cm³/mol. The molecule has 3 N–H and O–H groups in total. The number of rotatable bonds is 3. The van der Waals surface area contributed by atoms with E-state index in [1.807, 2.05) is 36.4 Å². The Morgan fingerprint density at radius 1 is 1.04 bits per heavy atom. The van der Waals surface area contributed by atoms with E-state index in [1.165, 1.54) is 19.1 Å². The molecule has 7 heteroatoms. The summed E-state index contributed by atoms with van der Waals surface area (Å²) in [5.41, 5.74) is 4.56. The van der Waals surface area contributed by atoms with Gasteiger partial charge < -0.3 is 5.32 Å². The lowest BCUT2D eigenvalue weighted by Crippen LogP contribution is -2.19. The summed E-state index contributed by atoms with van der Waals surface area (Å²) in [6, 6.07) is 13.9. The van der Waals surface area contributed by atoms with Crippen LogP contribution in [0.3, 0.4) is 0 Å². The lowest BCUT2D eigenvalue weighted by atomic mass is 10.1. The van der Waals surface area contributed by atoms with Gasteiger partial charge >= 0.3 is 0 Å². The molecule has 0 saturated heterocycles. The molecule has 0 radical (unpaired) electrons. The molecular formula is C21H16N4O3. The van der Waals surface area contributed by atoms with Crippen molar-refractivity contribution < 1.29 is 14.8 Å². The van der Waals surface area contributed by atoms with Crippen molar-refractivity contribution in [3.8, 4) is 23.1 Å². The van der Waals surface area contributed by atoms with Crippen LogP contribution >= 0.6 is 0 Å². The van der Waals surface area contributed by atoms with Crippen LogP contribution in [0, 0.1) is 11.8 Å². The van der Waals surface area contributed by atoms with Gasteiger partial charge in [0.15, 0.2) is 0 Å². The normalized spacial score (nSPS) is 9.79. The highest BCUT2D eigenvalue weighted by molar-refractivity contribution is 5.96. The van der Waals surface area contributed by atoms with E-state index in [0.29, 0.717) is 5.69 Å². The van der Waals surface area contributed by atoms with Crippen molar-refractivity contribution in [2.45, 2.75) is 6.92 Å². The highest BCUT2D eigenvalue weighted by Crippen LogP contribution is 2.22. The van der Waals surface area contributed by atoms with Crippen LogP contribution in [0.25, 0.3) is 11.3 Å². The molecule has 0 bridgehead atoms.